The summed E-state index contributed by atoms with van der Waals surface area (Å²) in [7, 11) is 1.68. The quantitative estimate of drug-likeness (QED) is 0.735. The van der Waals surface area contributed by atoms with Gasteiger partial charge in [0, 0.05) is 7.05 Å². The number of anilines is 2. The van der Waals surface area contributed by atoms with Gasteiger partial charge in [-0.15, -0.1) is 0 Å². The Hall–Kier alpha value is -1.91. The topological polar surface area (TPSA) is 75.8 Å². The number of hydrogen-bond acceptors (Lipinski definition) is 4. The maximum Gasteiger partial charge on any atom is 0.323 e. The summed E-state index contributed by atoms with van der Waals surface area (Å²) in [6.07, 6.45) is 0. The van der Waals surface area contributed by atoms with Crippen molar-refractivity contribution in [3.8, 4) is 5.75 Å². The standard InChI is InChI=1S/C11H16N2O3/c1-3-16-9-6-4-5-8(11(9)12)13(2)7-10(14)15/h4-6H,3,7,12H2,1-2H3,(H,14,15). The van der Waals surface area contributed by atoms with Gasteiger partial charge in [-0.3, -0.25) is 4.79 Å². The van der Waals surface area contributed by atoms with Crippen molar-refractivity contribution < 1.29 is 14.6 Å². The number of nitrogens with two attached hydrogens (primary N) is 1. The van der Waals surface area contributed by atoms with Gasteiger partial charge in [-0.05, 0) is 19.1 Å². The van der Waals surface area contributed by atoms with Gasteiger partial charge < -0.3 is 20.5 Å². The number of aliphatic carboxylic acids is 1. The SMILES string of the molecule is CCOc1cccc(N(C)CC(=O)O)c1N. The van der Waals surface area contributed by atoms with E-state index in [1.165, 1.54) is 0 Å². The van der Waals surface area contributed by atoms with Crippen molar-refractivity contribution in [2.75, 3.05) is 30.8 Å². The molecule has 0 bridgehead atoms. The van der Waals surface area contributed by atoms with Gasteiger partial charge in [0.2, 0.25) is 0 Å². The summed E-state index contributed by atoms with van der Waals surface area (Å²) in [6.45, 7) is 2.29. The van der Waals surface area contributed by atoms with Gasteiger partial charge in [-0.1, -0.05) is 6.07 Å². The normalized spacial score (nSPS) is 9.88. The lowest BCUT2D eigenvalue weighted by Gasteiger charge is -2.20. The molecule has 0 radical (unpaired) electrons. The van der Waals surface area contributed by atoms with Crippen molar-refractivity contribution in [3.05, 3.63) is 18.2 Å². The Labute approximate surface area is 94.4 Å². The largest absolute Gasteiger partial charge is 0.492 e. The number of carboxylic acids is 1. The zero-order valence-electron chi connectivity index (χ0n) is 9.43. The summed E-state index contributed by atoms with van der Waals surface area (Å²) >= 11 is 0. The average molecular weight is 224 g/mol. The van der Waals surface area contributed by atoms with Crippen molar-refractivity contribution >= 4 is 17.3 Å². The molecule has 0 saturated carbocycles. The van der Waals surface area contributed by atoms with Crippen LogP contribution in [-0.4, -0.2) is 31.3 Å². The van der Waals surface area contributed by atoms with E-state index >= 15 is 0 Å². The molecule has 5 nitrogen and oxygen atoms in total. The second-order valence-electron chi connectivity index (χ2n) is 3.37. The number of hydrogen-bond donors (Lipinski definition) is 2. The van der Waals surface area contributed by atoms with Crippen LogP contribution in [0.15, 0.2) is 18.2 Å². The summed E-state index contributed by atoms with van der Waals surface area (Å²) in [6, 6.07) is 5.31. The smallest absolute Gasteiger partial charge is 0.323 e. The molecule has 16 heavy (non-hydrogen) atoms. The molecule has 0 unspecified atom stereocenters. The molecule has 5 heteroatoms. The molecule has 0 aliphatic heterocycles. The Bertz CT molecular complexity index is 379. The first-order valence-electron chi connectivity index (χ1n) is 5.00. The molecule has 3 N–H and O–H groups in total. The van der Waals surface area contributed by atoms with Crippen LogP contribution in [0.4, 0.5) is 11.4 Å². The van der Waals surface area contributed by atoms with Crippen molar-refractivity contribution in [2.24, 2.45) is 0 Å². The molecular weight excluding hydrogens is 208 g/mol. The van der Waals surface area contributed by atoms with E-state index in [0.29, 0.717) is 23.7 Å². The number of carbonyl (C=O) groups is 1. The second kappa shape index (κ2) is 5.25. The predicted molar refractivity (Wildman–Crippen MR) is 62.9 cm³/mol. The predicted octanol–water partition coefficient (Wildman–Crippen LogP) is 1.19. The number of benzene rings is 1. The molecule has 0 fully saturated rings. The van der Waals surface area contributed by atoms with Crippen LogP contribution in [0, 0.1) is 0 Å². The monoisotopic (exact) mass is 224 g/mol. The highest BCUT2D eigenvalue weighted by Gasteiger charge is 2.11. The zero-order chi connectivity index (χ0) is 12.1. The maximum atomic E-state index is 10.6. The van der Waals surface area contributed by atoms with Crippen LogP contribution < -0.4 is 15.4 Å². The number of likely N-dealkylation sites (N-methyl/N-ethyl adjacent to an activating group) is 1. The first-order valence-corrected chi connectivity index (χ1v) is 5.00. The van der Waals surface area contributed by atoms with Crippen LogP contribution in [0.1, 0.15) is 6.92 Å². The van der Waals surface area contributed by atoms with E-state index in [0.717, 1.165) is 0 Å². The third-order valence-corrected chi connectivity index (χ3v) is 2.13. The number of carboxylic acid groups (broad SMARTS) is 1. The number of para-hydroxylation sites is 1. The highest BCUT2D eigenvalue weighted by Crippen LogP contribution is 2.31. The van der Waals surface area contributed by atoms with Gasteiger partial charge in [-0.2, -0.15) is 0 Å². The van der Waals surface area contributed by atoms with Crippen LogP contribution in [0.2, 0.25) is 0 Å². The molecule has 0 amide bonds. The lowest BCUT2D eigenvalue weighted by molar-refractivity contribution is -0.135. The molecule has 0 aliphatic rings. The highest BCUT2D eigenvalue weighted by atomic mass is 16.5. The average Bonchev–Trinajstić information content (AvgIpc) is 2.20. The van der Waals surface area contributed by atoms with Crippen LogP contribution in [0.5, 0.6) is 5.75 Å². The Morgan fingerprint density at radius 3 is 2.81 bits per heavy atom. The van der Waals surface area contributed by atoms with Gasteiger partial charge in [0.1, 0.15) is 12.3 Å². The number of nitrogens with zero attached hydrogens (tertiary/aromatic N) is 1. The fourth-order valence-electron chi connectivity index (χ4n) is 1.43. The van der Waals surface area contributed by atoms with Crippen LogP contribution in [0.3, 0.4) is 0 Å². The molecule has 0 heterocycles. The Kier molecular flexibility index (Phi) is 3.99. The Morgan fingerprint density at radius 2 is 2.25 bits per heavy atom. The summed E-state index contributed by atoms with van der Waals surface area (Å²) in [5, 5.41) is 8.70. The van der Waals surface area contributed by atoms with Crippen LogP contribution in [-0.2, 0) is 4.79 Å². The molecule has 1 aromatic rings. The van der Waals surface area contributed by atoms with E-state index in [1.807, 2.05) is 6.92 Å². The van der Waals surface area contributed by atoms with E-state index in [2.05, 4.69) is 0 Å². The Morgan fingerprint density at radius 1 is 1.56 bits per heavy atom. The molecular formula is C11H16N2O3. The Balaban J connectivity index is 2.95. The fraction of sp³-hybridized carbons (Fsp3) is 0.364. The first-order chi connectivity index (χ1) is 7.56. The third-order valence-electron chi connectivity index (χ3n) is 2.13. The maximum absolute atomic E-state index is 10.6. The lowest BCUT2D eigenvalue weighted by Crippen LogP contribution is -2.25. The summed E-state index contributed by atoms with van der Waals surface area (Å²) < 4.78 is 5.33. The van der Waals surface area contributed by atoms with E-state index in [4.69, 9.17) is 15.6 Å². The van der Waals surface area contributed by atoms with Crippen LogP contribution >= 0.6 is 0 Å². The van der Waals surface area contributed by atoms with Gasteiger partial charge in [-0.25, -0.2) is 0 Å². The third kappa shape index (κ3) is 2.79. The molecule has 88 valence electrons. The van der Waals surface area contributed by atoms with Gasteiger partial charge in [0.15, 0.2) is 0 Å². The number of nitrogen functional groups attached to an aromatic ring is 1. The zero-order valence-corrected chi connectivity index (χ0v) is 9.43. The molecule has 0 aromatic heterocycles. The van der Waals surface area contributed by atoms with Crippen molar-refractivity contribution in [1.82, 2.24) is 0 Å². The minimum absolute atomic E-state index is 0.0974. The minimum Gasteiger partial charge on any atom is -0.492 e. The molecule has 0 atom stereocenters. The van der Waals surface area contributed by atoms with Crippen LogP contribution in [0.25, 0.3) is 0 Å². The minimum atomic E-state index is -0.899. The fourth-order valence-corrected chi connectivity index (χ4v) is 1.43. The molecule has 0 spiro atoms. The summed E-state index contributed by atoms with van der Waals surface area (Å²) in [5.41, 5.74) is 7.01. The summed E-state index contributed by atoms with van der Waals surface area (Å²) in [4.78, 5) is 12.2. The van der Waals surface area contributed by atoms with E-state index in [-0.39, 0.29) is 6.54 Å². The number of rotatable bonds is 5. The highest BCUT2D eigenvalue weighted by molar-refractivity contribution is 5.79. The molecule has 0 aliphatic carbocycles. The molecule has 1 rings (SSSR count). The molecule has 0 saturated heterocycles. The van der Waals surface area contributed by atoms with Gasteiger partial charge in [0.25, 0.3) is 0 Å². The van der Waals surface area contributed by atoms with Gasteiger partial charge in [0.05, 0.1) is 18.0 Å². The van der Waals surface area contributed by atoms with Crippen molar-refractivity contribution in [3.63, 3.8) is 0 Å². The first kappa shape index (κ1) is 12.2. The van der Waals surface area contributed by atoms with Gasteiger partial charge >= 0.3 is 5.97 Å². The summed E-state index contributed by atoms with van der Waals surface area (Å²) in [5.74, 6) is -0.319. The van der Waals surface area contributed by atoms with Crippen molar-refractivity contribution in [2.45, 2.75) is 6.92 Å². The molecule has 1 aromatic carbocycles. The lowest BCUT2D eigenvalue weighted by atomic mass is 10.2. The number of ether oxygens (including phenoxy) is 1. The second-order valence-corrected chi connectivity index (χ2v) is 3.37. The van der Waals surface area contributed by atoms with E-state index in [9.17, 15) is 4.79 Å². The van der Waals surface area contributed by atoms with E-state index in [1.54, 1.807) is 30.1 Å². The van der Waals surface area contributed by atoms with Crippen molar-refractivity contribution in [1.29, 1.82) is 0 Å². The van der Waals surface area contributed by atoms with E-state index < -0.39 is 5.97 Å².